The van der Waals surface area contributed by atoms with E-state index in [2.05, 4.69) is 35.6 Å². The lowest BCUT2D eigenvalue weighted by Crippen LogP contribution is -2.36. The highest BCUT2D eigenvalue weighted by Gasteiger charge is 2.22. The van der Waals surface area contributed by atoms with E-state index in [9.17, 15) is 0 Å². The molecular formula is C11H21N3O. The van der Waals surface area contributed by atoms with Gasteiger partial charge < -0.3 is 14.6 Å². The van der Waals surface area contributed by atoms with Gasteiger partial charge in [-0.3, -0.25) is 0 Å². The van der Waals surface area contributed by atoms with Gasteiger partial charge in [0.15, 0.2) is 0 Å². The lowest BCUT2D eigenvalue weighted by molar-refractivity contribution is 0.101. The molecule has 4 heteroatoms. The van der Waals surface area contributed by atoms with E-state index >= 15 is 0 Å². The summed E-state index contributed by atoms with van der Waals surface area (Å²) in [4.78, 5) is 4.19. The van der Waals surface area contributed by atoms with Gasteiger partial charge in [0.2, 0.25) is 0 Å². The summed E-state index contributed by atoms with van der Waals surface area (Å²) in [6.07, 6.45) is 3.95. The molecule has 1 N–H and O–H groups in total. The van der Waals surface area contributed by atoms with Gasteiger partial charge in [0, 0.05) is 19.9 Å². The minimum atomic E-state index is -0.0655. The highest BCUT2D eigenvalue weighted by atomic mass is 16.5. The monoisotopic (exact) mass is 211 g/mol. The van der Waals surface area contributed by atoms with Crippen molar-refractivity contribution in [1.29, 1.82) is 0 Å². The molecule has 0 aliphatic carbocycles. The first-order chi connectivity index (χ1) is 7.01. The molecule has 1 atom stereocenters. The SMILES string of the molecule is CNC(C)(C)c1cncn1CC(C)OC. The summed E-state index contributed by atoms with van der Waals surface area (Å²) < 4.78 is 7.39. The third-order valence-corrected chi connectivity index (χ3v) is 2.83. The van der Waals surface area contributed by atoms with E-state index in [4.69, 9.17) is 4.74 Å². The third-order valence-electron chi connectivity index (χ3n) is 2.83. The number of rotatable bonds is 5. The molecule has 1 rings (SSSR count). The normalized spacial score (nSPS) is 14.2. The van der Waals surface area contributed by atoms with Crippen molar-refractivity contribution in [3.05, 3.63) is 18.2 Å². The van der Waals surface area contributed by atoms with Crippen LogP contribution in [0.4, 0.5) is 0 Å². The van der Waals surface area contributed by atoms with E-state index in [1.807, 2.05) is 19.6 Å². The molecule has 1 unspecified atom stereocenters. The van der Waals surface area contributed by atoms with Gasteiger partial charge >= 0.3 is 0 Å². The standard InChI is InChI=1S/C11H21N3O/c1-9(15-5)7-14-8-13-6-10(14)11(2,3)12-4/h6,8-9,12H,7H2,1-5H3. The zero-order valence-electron chi connectivity index (χ0n) is 10.2. The Kier molecular flexibility index (Phi) is 3.88. The van der Waals surface area contributed by atoms with Crippen molar-refractivity contribution in [2.75, 3.05) is 14.2 Å². The average Bonchev–Trinajstić information content (AvgIpc) is 2.66. The molecule has 0 saturated carbocycles. The Morgan fingerprint density at radius 2 is 2.27 bits per heavy atom. The number of methoxy groups -OCH3 is 1. The van der Waals surface area contributed by atoms with Crippen molar-refractivity contribution >= 4 is 0 Å². The van der Waals surface area contributed by atoms with Crippen LogP contribution in [0.2, 0.25) is 0 Å². The number of hydrogen-bond donors (Lipinski definition) is 1. The summed E-state index contributed by atoms with van der Waals surface area (Å²) in [7, 11) is 3.68. The fourth-order valence-electron chi connectivity index (χ4n) is 1.47. The fourth-order valence-corrected chi connectivity index (χ4v) is 1.47. The largest absolute Gasteiger partial charge is 0.380 e. The van der Waals surface area contributed by atoms with Gasteiger partial charge in [-0.05, 0) is 27.8 Å². The summed E-state index contributed by atoms with van der Waals surface area (Å²) in [5.74, 6) is 0. The maximum Gasteiger partial charge on any atom is 0.0949 e. The van der Waals surface area contributed by atoms with Gasteiger partial charge in [-0.1, -0.05) is 0 Å². The van der Waals surface area contributed by atoms with Crippen LogP contribution in [0.25, 0.3) is 0 Å². The molecule has 0 radical (unpaired) electrons. The second-order valence-electron chi connectivity index (χ2n) is 4.35. The smallest absolute Gasteiger partial charge is 0.0949 e. The molecule has 15 heavy (non-hydrogen) atoms. The van der Waals surface area contributed by atoms with Crippen LogP contribution in [0, 0.1) is 0 Å². The van der Waals surface area contributed by atoms with Crippen molar-refractivity contribution in [2.45, 2.75) is 39.0 Å². The molecule has 0 saturated heterocycles. The van der Waals surface area contributed by atoms with E-state index in [1.165, 1.54) is 5.69 Å². The Morgan fingerprint density at radius 3 is 2.80 bits per heavy atom. The van der Waals surface area contributed by atoms with Crippen LogP contribution in [0.5, 0.6) is 0 Å². The zero-order chi connectivity index (χ0) is 11.5. The van der Waals surface area contributed by atoms with Gasteiger partial charge in [-0.15, -0.1) is 0 Å². The van der Waals surface area contributed by atoms with Crippen molar-refractivity contribution in [3.8, 4) is 0 Å². The molecule has 0 amide bonds. The second kappa shape index (κ2) is 4.77. The highest BCUT2D eigenvalue weighted by Crippen LogP contribution is 2.19. The van der Waals surface area contributed by atoms with E-state index in [0.29, 0.717) is 0 Å². The number of imidazole rings is 1. The Bertz CT molecular complexity index is 307. The number of ether oxygens (including phenoxy) is 1. The number of hydrogen-bond acceptors (Lipinski definition) is 3. The van der Waals surface area contributed by atoms with E-state index < -0.39 is 0 Å². The Balaban J connectivity index is 2.87. The predicted molar refractivity (Wildman–Crippen MR) is 60.8 cm³/mol. The first-order valence-corrected chi connectivity index (χ1v) is 5.23. The Hall–Kier alpha value is -0.870. The molecular weight excluding hydrogens is 190 g/mol. The Labute approximate surface area is 91.7 Å². The minimum Gasteiger partial charge on any atom is -0.380 e. The van der Waals surface area contributed by atoms with Crippen LogP contribution in [0.15, 0.2) is 12.5 Å². The summed E-state index contributed by atoms with van der Waals surface area (Å²) in [5, 5.41) is 3.27. The molecule has 0 aromatic carbocycles. The molecule has 0 aliphatic rings. The molecule has 1 heterocycles. The van der Waals surface area contributed by atoms with Gasteiger partial charge in [-0.25, -0.2) is 4.98 Å². The summed E-state index contributed by atoms with van der Waals surface area (Å²) in [6, 6.07) is 0. The molecule has 86 valence electrons. The van der Waals surface area contributed by atoms with Crippen LogP contribution in [0.1, 0.15) is 26.5 Å². The first-order valence-electron chi connectivity index (χ1n) is 5.23. The van der Waals surface area contributed by atoms with E-state index in [1.54, 1.807) is 7.11 Å². The molecule has 0 bridgehead atoms. The van der Waals surface area contributed by atoms with Crippen molar-refractivity contribution in [1.82, 2.24) is 14.9 Å². The molecule has 0 spiro atoms. The highest BCUT2D eigenvalue weighted by molar-refractivity contribution is 5.10. The zero-order valence-corrected chi connectivity index (χ0v) is 10.2. The van der Waals surface area contributed by atoms with Gasteiger partial charge in [0.05, 0.1) is 23.7 Å². The first kappa shape index (κ1) is 12.2. The lowest BCUT2D eigenvalue weighted by atomic mass is 10.0. The predicted octanol–water partition coefficient (Wildman–Crippen LogP) is 1.37. The minimum absolute atomic E-state index is 0.0655. The molecule has 0 fully saturated rings. The van der Waals surface area contributed by atoms with Crippen LogP contribution >= 0.6 is 0 Å². The number of nitrogens with one attached hydrogen (secondary N) is 1. The summed E-state index contributed by atoms with van der Waals surface area (Å²) >= 11 is 0. The van der Waals surface area contributed by atoms with Crippen molar-refractivity contribution in [3.63, 3.8) is 0 Å². The second-order valence-corrected chi connectivity index (χ2v) is 4.35. The molecule has 1 aromatic rings. The maximum absolute atomic E-state index is 5.26. The summed E-state index contributed by atoms with van der Waals surface area (Å²) in [6.45, 7) is 7.16. The van der Waals surface area contributed by atoms with E-state index in [0.717, 1.165) is 6.54 Å². The Morgan fingerprint density at radius 1 is 1.60 bits per heavy atom. The van der Waals surface area contributed by atoms with Crippen molar-refractivity contribution < 1.29 is 4.74 Å². The fraction of sp³-hybridized carbons (Fsp3) is 0.727. The maximum atomic E-state index is 5.26. The molecule has 0 aliphatic heterocycles. The van der Waals surface area contributed by atoms with E-state index in [-0.39, 0.29) is 11.6 Å². The number of nitrogens with zero attached hydrogens (tertiary/aromatic N) is 2. The lowest BCUT2D eigenvalue weighted by Gasteiger charge is -2.26. The van der Waals surface area contributed by atoms with Gasteiger partial charge in [0.1, 0.15) is 0 Å². The molecule has 4 nitrogen and oxygen atoms in total. The average molecular weight is 211 g/mol. The van der Waals surface area contributed by atoms with Crippen LogP contribution in [-0.2, 0) is 16.8 Å². The summed E-state index contributed by atoms with van der Waals surface area (Å²) in [5.41, 5.74) is 1.11. The molecule has 1 aromatic heterocycles. The van der Waals surface area contributed by atoms with Crippen LogP contribution in [0.3, 0.4) is 0 Å². The number of aromatic nitrogens is 2. The van der Waals surface area contributed by atoms with Crippen molar-refractivity contribution in [2.24, 2.45) is 0 Å². The third kappa shape index (κ3) is 2.79. The van der Waals surface area contributed by atoms with Crippen LogP contribution in [-0.4, -0.2) is 29.8 Å². The van der Waals surface area contributed by atoms with Gasteiger partial charge in [-0.2, -0.15) is 0 Å². The van der Waals surface area contributed by atoms with Crippen LogP contribution < -0.4 is 5.32 Å². The quantitative estimate of drug-likeness (QED) is 0.799. The topological polar surface area (TPSA) is 39.1 Å². The van der Waals surface area contributed by atoms with Gasteiger partial charge in [0.25, 0.3) is 0 Å².